The van der Waals surface area contributed by atoms with Crippen LogP contribution in [0.1, 0.15) is 36.1 Å². The Bertz CT molecular complexity index is 1240. The molecule has 0 spiro atoms. The molecule has 176 valence electrons. The van der Waals surface area contributed by atoms with Gasteiger partial charge in [-0.05, 0) is 60.9 Å². The van der Waals surface area contributed by atoms with E-state index < -0.39 is 0 Å². The van der Waals surface area contributed by atoms with Crippen LogP contribution in [0.25, 0.3) is 10.9 Å². The Morgan fingerprint density at radius 3 is 2.71 bits per heavy atom. The summed E-state index contributed by atoms with van der Waals surface area (Å²) in [5, 5.41) is 17.6. The number of rotatable bonds is 2. The first-order valence-electron chi connectivity index (χ1n) is 12.0. The van der Waals surface area contributed by atoms with E-state index in [2.05, 4.69) is 63.0 Å². The molecule has 7 nitrogen and oxygen atoms in total. The zero-order chi connectivity index (χ0) is 23.8. The van der Waals surface area contributed by atoms with Crippen molar-refractivity contribution >= 4 is 22.3 Å². The molecule has 34 heavy (non-hydrogen) atoms. The summed E-state index contributed by atoms with van der Waals surface area (Å²) in [6.45, 7) is 7.26. The Labute approximate surface area is 201 Å². The first kappa shape index (κ1) is 22.6. The molecule has 0 amide bonds. The number of benzene rings is 2. The lowest BCUT2D eigenvalue weighted by atomic mass is 9.99. The summed E-state index contributed by atoms with van der Waals surface area (Å²) in [7, 11) is 1.00. The van der Waals surface area contributed by atoms with Crippen LogP contribution in [0.15, 0.2) is 48.7 Å². The van der Waals surface area contributed by atoms with Crippen molar-refractivity contribution in [2.24, 2.45) is 5.73 Å². The van der Waals surface area contributed by atoms with E-state index in [-0.39, 0.29) is 0 Å². The van der Waals surface area contributed by atoms with Crippen LogP contribution < -0.4 is 15.5 Å². The molecule has 7 heteroatoms. The third-order valence-corrected chi connectivity index (χ3v) is 7.48. The second kappa shape index (κ2) is 9.22. The predicted octanol–water partition coefficient (Wildman–Crippen LogP) is 3.02. The van der Waals surface area contributed by atoms with Crippen LogP contribution in [0.4, 0.5) is 11.4 Å². The molecule has 3 aliphatic heterocycles. The number of nitrogens with zero attached hydrogens (tertiary/aromatic N) is 5. The summed E-state index contributed by atoms with van der Waals surface area (Å²) in [6, 6.07) is 18.5. The molecule has 0 bridgehead atoms. The van der Waals surface area contributed by atoms with Crippen LogP contribution in [0.2, 0.25) is 0 Å². The molecule has 3 N–H and O–H groups in total. The SMILES string of the molecule is CC1CN(c2ccc(C#N)c3ncccc23)CC2c3ccc(N4CC[C@@H](N)C4)cc3CN12.CO. The van der Waals surface area contributed by atoms with Gasteiger partial charge in [-0.2, -0.15) is 5.26 Å². The Balaban J connectivity index is 0.00000117. The third-order valence-electron chi connectivity index (χ3n) is 7.48. The number of nitrogens with two attached hydrogens (primary N) is 1. The first-order valence-corrected chi connectivity index (χ1v) is 12.0. The summed E-state index contributed by atoms with van der Waals surface area (Å²) in [6.07, 6.45) is 2.84. The minimum atomic E-state index is 0.292. The van der Waals surface area contributed by atoms with Crippen LogP contribution >= 0.6 is 0 Å². The minimum absolute atomic E-state index is 0.292. The summed E-state index contributed by atoms with van der Waals surface area (Å²) < 4.78 is 0. The monoisotopic (exact) mass is 456 g/mol. The number of aliphatic hydroxyl groups excluding tert-OH is 1. The van der Waals surface area contributed by atoms with Gasteiger partial charge in [-0.1, -0.05) is 6.07 Å². The summed E-state index contributed by atoms with van der Waals surface area (Å²) in [5.41, 5.74) is 13.0. The standard InChI is InChI=1S/C26H28N6.CH4O/c1-17-13-31(24-7-4-18(12-27)26-23(24)3-2-9-29-26)16-25-22-6-5-21(11-19(22)14-32(17)25)30-10-8-20(28)15-30;1-2/h2-7,9,11,17,20,25H,8,10,13-16,28H2,1H3;2H,1H3/t17?,20-,25?;/m1./s1. The van der Waals surface area contributed by atoms with Crippen molar-refractivity contribution in [2.45, 2.75) is 38.0 Å². The smallest absolute Gasteiger partial charge is 0.101 e. The van der Waals surface area contributed by atoms with E-state index in [0.29, 0.717) is 23.7 Å². The number of piperazine rings is 1. The van der Waals surface area contributed by atoms with Gasteiger partial charge in [0.2, 0.25) is 0 Å². The van der Waals surface area contributed by atoms with E-state index >= 15 is 0 Å². The predicted molar refractivity (Wildman–Crippen MR) is 136 cm³/mol. The average Bonchev–Trinajstić information content (AvgIpc) is 3.48. The number of hydrogen-bond donors (Lipinski definition) is 2. The number of hydrogen-bond acceptors (Lipinski definition) is 7. The number of fused-ring (bicyclic) bond motifs is 4. The molecule has 0 aliphatic carbocycles. The van der Waals surface area contributed by atoms with Crippen molar-refractivity contribution in [1.29, 1.82) is 5.26 Å². The topological polar surface area (TPSA) is 92.7 Å². The fourth-order valence-corrected chi connectivity index (χ4v) is 5.85. The van der Waals surface area contributed by atoms with Gasteiger partial charge in [0.25, 0.3) is 0 Å². The van der Waals surface area contributed by atoms with Gasteiger partial charge in [0.1, 0.15) is 6.07 Å². The molecule has 2 unspecified atom stereocenters. The number of pyridine rings is 1. The average molecular weight is 457 g/mol. The summed E-state index contributed by atoms with van der Waals surface area (Å²) in [4.78, 5) is 12.1. The molecule has 2 fully saturated rings. The van der Waals surface area contributed by atoms with Crippen molar-refractivity contribution in [3.63, 3.8) is 0 Å². The molecule has 4 heterocycles. The Morgan fingerprint density at radius 1 is 1.09 bits per heavy atom. The molecule has 2 aromatic carbocycles. The number of nitriles is 1. The molecule has 6 rings (SSSR count). The van der Waals surface area contributed by atoms with E-state index in [1.165, 1.54) is 22.5 Å². The van der Waals surface area contributed by atoms with E-state index in [0.717, 1.165) is 57.2 Å². The molecule has 3 aromatic rings. The second-order valence-corrected chi connectivity index (χ2v) is 9.46. The van der Waals surface area contributed by atoms with E-state index in [4.69, 9.17) is 10.8 Å². The first-order chi connectivity index (χ1) is 16.6. The van der Waals surface area contributed by atoms with Crippen LogP contribution in [0.3, 0.4) is 0 Å². The highest BCUT2D eigenvalue weighted by Gasteiger charge is 2.39. The lowest BCUT2D eigenvalue weighted by molar-refractivity contribution is 0.134. The quantitative estimate of drug-likeness (QED) is 0.612. The van der Waals surface area contributed by atoms with Gasteiger partial charge in [-0.15, -0.1) is 0 Å². The summed E-state index contributed by atoms with van der Waals surface area (Å²) in [5.74, 6) is 0. The van der Waals surface area contributed by atoms with Gasteiger partial charge in [-0.25, -0.2) is 0 Å². The molecule has 3 atom stereocenters. The van der Waals surface area contributed by atoms with E-state index in [1.54, 1.807) is 6.20 Å². The normalized spacial score (nSPS) is 23.8. The molecule has 1 aromatic heterocycles. The molecule has 0 saturated carbocycles. The summed E-state index contributed by atoms with van der Waals surface area (Å²) >= 11 is 0. The Kier molecular flexibility index (Phi) is 6.13. The van der Waals surface area contributed by atoms with Crippen molar-refractivity contribution in [1.82, 2.24) is 9.88 Å². The highest BCUT2D eigenvalue weighted by atomic mass is 16.2. The number of aromatic nitrogens is 1. The van der Waals surface area contributed by atoms with Gasteiger partial charge in [0.15, 0.2) is 0 Å². The minimum Gasteiger partial charge on any atom is -0.400 e. The van der Waals surface area contributed by atoms with Crippen molar-refractivity contribution in [3.05, 3.63) is 65.4 Å². The third kappa shape index (κ3) is 3.78. The molecule has 2 saturated heterocycles. The van der Waals surface area contributed by atoms with Gasteiger partial charge < -0.3 is 20.6 Å². The van der Waals surface area contributed by atoms with Gasteiger partial charge >= 0.3 is 0 Å². The van der Waals surface area contributed by atoms with E-state index in [1.807, 2.05) is 12.1 Å². The zero-order valence-corrected chi connectivity index (χ0v) is 19.9. The maximum Gasteiger partial charge on any atom is 0.101 e. The van der Waals surface area contributed by atoms with Gasteiger partial charge in [0.05, 0.1) is 17.1 Å². The fourth-order valence-electron chi connectivity index (χ4n) is 5.85. The molecular weight excluding hydrogens is 424 g/mol. The van der Waals surface area contributed by atoms with Gasteiger partial charge in [-0.3, -0.25) is 9.88 Å². The highest BCUT2D eigenvalue weighted by molar-refractivity contribution is 5.95. The Hall–Kier alpha value is -3.18. The second-order valence-electron chi connectivity index (χ2n) is 9.46. The number of anilines is 2. The van der Waals surface area contributed by atoms with E-state index in [9.17, 15) is 5.26 Å². The fraction of sp³-hybridized carbons (Fsp3) is 0.407. The van der Waals surface area contributed by atoms with Crippen molar-refractivity contribution < 1.29 is 5.11 Å². The Morgan fingerprint density at radius 2 is 1.94 bits per heavy atom. The zero-order valence-electron chi connectivity index (χ0n) is 19.9. The molecule has 3 aliphatic rings. The maximum absolute atomic E-state index is 9.51. The number of aliphatic hydroxyl groups is 1. The lowest BCUT2D eigenvalue weighted by Gasteiger charge is -2.43. The van der Waals surface area contributed by atoms with Crippen LogP contribution in [-0.2, 0) is 6.54 Å². The maximum atomic E-state index is 9.51. The molecular formula is C27H32N6O. The van der Waals surface area contributed by atoms with Gasteiger partial charge in [0, 0.05) is 74.9 Å². The van der Waals surface area contributed by atoms with Crippen LogP contribution in [0, 0.1) is 11.3 Å². The van der Waals surface area contributed by atoms with Crippen molar-refractivity contribution in [3.8, 4) is 6.07 Å². The molecule has 0 radical (unpaired) electrons. The van der Waals surface area contributed by atoms with Crippen molar-refractivity contribution in [2.75, 3.05) is 43.1 Å². The van der Waals surface area contributed by atoms with Crippen LogP contribution in [0.5, 0.6) is 0 Å². The largest absolute Gasteiger partial charge is 0.400 e. The highest BCUT2D eigenvalue weighted by Crippen LogP contribution is 2.42. The van der Waals surface area contributed by atoms with Crippen LogP contribution in [-0.4, -0.2) is 60.4 Å². The lowest BCUT2D eigenvalue weighted by Crippen LogP contribution is -2.51.